The van der Waals surface area contributed by atoms with Crippen LogP contribution < -0.4 is 4.74 Å². The van der Waals surface area contributed by atoms with E-state index in [-0.39, 0.29) is 23.6 Å². The molecule has 2 heterocycles. The average molecular weight is 373 g/mol. The third kappa shape index (κ3) is 4.39. The molecule has 0 saturated heterocycles. The molecule has 136 valence electrons. The van der Waals surface area contributed by atoms with Crippen LogP contribution in [0, 0.1) is 17.1 Å². The third-order valence-corrected chi connectivity index (χ3v) is 3.65. The molecule has 3 rings (SSSR count). The van der Waals surface area contributed by atoms with Crippen LogP contribution in [0.5, 0.6) is 5.75 Å². The summed E-state index contributed by atoms with van der Waals surface area (Å²) in [6.45, 7) is -0.159. The Kier molecular flexibility index (Phi) is 5.03. The molecule has 2 aromatic heterocycles. The lowest BCUT2D eigenvalue weighted by Gasteiger charge is -2.13. The summed E-state index contributed by atoms with van der Waals surface area (Å²) in [6, 6.07) is 11.2. The van der Waals surface area contributed by atoms with Crippen molar-refractivity contribution in [1.82, 2.24) is 9.97 Å². The maximum absolute atomic E-state index is 13.2. The Bertz CT molecular complexity index is 995. The Morgan fingerprint density at radius 1 is 1.04 bits per heavy atom. The molecule has 1 aromatic carbocycles. The van der Waals surface area contributed by atoms with Crippen molar-refractivity contribution in [3.8, 4) is 22.9 Å². The normalized spacial score (nSPS) is 11.1. The van der Waals surface area contributed by atoms with Crippen molar-refractivity contribution in [2.24, 2.45) is 0 Å². The van der Waals surface area contributed by atoms with Gasteiger partial charge in [0.05, 0.1) is 6.20 Å². The predicted octanol–water partition coefficient (Wildman–Crippen LogP) is 4.75. The van der Waals surface area contributed by atoms with E-state index in [1.165, 1.54) is 42.6 Å². The molecule has 0 N–H and O–H groups in total. The summed E-state index contributed by atoms with van der Waals surface area (Å²) in [6.07, 6.45) is -2.19. The Morgan fingerprint density at radius 3 is 2.44 bits per heavy atom. The van der Waals surface area contributed by atoms with E-state index in [0.29, 0.717) is 11.1 Å². The van der Waals surface area contributed by atoms with Crippen molar-refractivity contribution >= 4 is 0 Å². The lowest BCUT2D eigenvalue weighted by atomic mass is 10.1. The fraction of sp³-hybridized carbons (Fsp3) is 0.105. The molecular weight excluding hydrogens is 362 g/mol. The minimum atomic E-state index is -4.55. The molecule has 0 amide bonds. The van der Waals surface area contributed by atoms with Gasteiger partial charge in [0.25, 0.3) is 0 Å². The number of benzene rings is 1. The van der Waals surface area contributed by atoms with Crippen molar-refractivity contribution in [3.63, 3.8) is 0 Å². The molecule has 0 aliphatic heterocycles. The summed E-state index contributed by atoms with van der Waals surface area (Å²) in [4.78, 5) is 7.21. The molecule has 3 aromatic rings. The standard InChI is InChI=1S/C19H11F4N3O/c20-14-3-1-13(2-4-14)16-8-15(9-24)26-10-17(16)27-11-12-5-6-25-18(7-12)19(21,22)23/h1-8,10H,11H2. The van der Waals surface area contributed by atoms with Crippen molar-refractivity contribution in [1.29, 1.82) is 5.26 Å². The third-order valence-electron chi connectivity index (χ3n) is 3.65. The van der Waals surface area contributed by atoms with E-state index in [4.69, 9.17) is 10.00 Å². The molecule has 0 spiro atoms. The van der Waals surface area contributed by atoms with Crippen LogP contribution >= 0.6 is 0 Å². The van der Waals surface area contributed by atoms with Gasteiger partial charge in [-0.05, 0) is 41.5 Å². The highest BCUT2D eigenvalue weighted by Gasteiger charge is 2.32. The summed E-state index contributed by atoms with van der Waals surface area (Å²) in [5, 5.41) is 9.03. The van der Waals surface area contributed by atoms with Crippen molar-refractivity contribution < 1.29 is 22.3 Å². The fourth-order valence-corrected chi connectivity index (χ4v) is 2.35. The molecule has 0 unspecified atom stereocenters. The SMILES string of the molecule is N#Cc1cc(-c2ccc(F)cc2)c(OCc2ccnc(C(F)(F)F)c2)cn1. The van der Waals surface area contributed by atoms with Gasteiger partial charge >= 0.3 is 6.18 Å². The monoisotopic (exact) mass is 373 g/mol. The average Bonchev–Trinajstić information content (AvgIpc) is 2.66. The molecule has 27 heavy (non-hydrogen) atoms. The number of nitrogens with zero attached hydrogens (tertiary/aromatic N) is 3. The summed E-state index contributed by atoms with van der Waals surface area (Å²) < 4.78 is 57.0. The molecule has 0 radical (unpaired) electrons. The highest BCUT2D eigenvalue weighted by Crippen LogP contribution is 2.31. The minimum Gasteiger partial charge on any atom is -0.487 e. The molecule has 0 fully saturated rings. The quantitative estimate of drug-likeness (QED) is 0.619. The van der Waals surface area contributed by atoms with Crippen LogP contribution in [-0.2, 0) is 12.8 Å². The second-order valence-corrected chi connectivity index (χ2v) is 5.52. The van der Waals surface area contributed by atoms with Crippen molar-refractivity contribution in [2.75, 3.05) is 0 Å². The molecule has 0 saturated carbocycles. The van der Waals surface area contributed by atoms with Crippen molar-refractivity contribution in [3.05, 3.63) is 77.6 Å². The Balaban J connectivity index is 1.89. The van der Waals surface area contributed by atoms with E-state index < -0.39 is 17.7 Å². The molecular formula is C19H11F4N3O. The number of hydrogen-bond acceptors (Lipinski definition) is 4. The van der Waals surface area contributed by atoms with Gasteiger partial charge in [-0.2, -0.15) is 18.4 Å². The van der Waals surface area contributed by atoms with Crippen LogP contribution in [0.4, 0.5) is 17.6 Å². The van der Waals surface area contributed by atoms with Gasteiger partial charge in [-0.1, -0.05) is 12.1 Å². The van der Waals surface area contributed by atoms with Crippen LogP contribution in [0.25, 0.3) is 11.1 Å². The minimum absolute atomic E-state index is 0.130. The Hall–Kier alpha value is -3.47. The van der Waals surface area contributed by atoms with Crippen molar-refractivity contribution in [2.45, 2.75) is 12.8 Å². The number of nitriles is 1. The number of hydrogen-bond donors (Lipinski definition) is 0. The van der Waals surface area contributed by atoms with E-state index in [2.05, 4.69) is 9.97 Å². The lowest BCUT2D eigenvalue weighted by Crippen LogP contribution is -2.09. The first-order valence-electron chi connectivity index (χ1n) is 7.68. The van der Waals surface area contributed by atoms with Gasteiger partial charge in [0.1, 0.15) is 35.6 Å². The zero-order valence-electron chi connectivity index (χ0n) is 13.7. The van der Waals surface area contributed by atoms with E-state index in [1.807, 2.05) is 6.07 Å². The molecule has 0 aliphatic carbocycles. The maximum Gasteiger partial charge on any atom is 0.433 e. The number of aromatic nitrogens is 2. The predicted molar refractivity (Wildman–Crippen MR) is 87.9 cm³/mol. The maximum atomic E-state index is 13.2. The molecule has 0 bridgehead atoms. The van der Waals surface area contributed by atoms with Crippen LogP contribution in [0.2, 0.25) is 0 Å². The van der Waals surface area contributed by atoms with E-state index >= 15 is 0 Å². The van der Waals surface area contributed by atoms with Crippen LogP contribution in [0.15, 0.2) is 54.9 Å². The van der Waals surface area contributed by atoms with Gasteiger partial charge in [-0.3, -0.25) is 4.98 Å². The smallest absolute Gasteiger partial charge is 0.433 e. The number of alkyl halides is 3. The number of pyridine rings is 2. The van der Waals surface area contributed by atoms with E-state index in [9.17, 15) is 17.6 Å². The van der Waals surface area contributed by atoms with Crippen LogP contribution in [0.1, 0.15) is 17.0 Å². The molecule has 8 heteroatoms. The summed E-state index contributed by atoms with van der Waals surface area (Å²) >= 11 is 0. The number of rotatable bonds is 4. The topological polar surface area (TPSA) is 58.8 Å². The summed E-state index contributed by atoms with van der Waals surface area (Å²) in [5.41, 5.74) is 0.444. The first kappa shape index (κ1) is 18.3. The Morgan fingerprint density at radius 2 is 1.78 bits per heavy atom. The van der Waals surface area contributed by atoms with Crippen LogP contribution in [0.3, 0.4) is 0 Å². The van der Waals surface area contributed by atoms with E-state index in [0.717, 1.165) is 12.3 Å². The molecule has 0 aliphatic rings. The molecule has 4 nitrogen and oxygen atoms in total. The first-order chi connectivity index (χ1) is 12.9. The first-order valence-corrected chi connectivity index (χ1v) is 7.68. The van der Waals surface area contributed by atoms with Gasteiger partial charge in [0.2, 0.25) is 0 Å². The van der Waals surface area contributed by atoms with Gasteiger partial charge in [0.15, 0.2) is 0 Å². The molecule has 0 atom stereocenters. The number of halogens is 4. The lowest BCUT2D eigenvalue weighted by molar-refractivity contribution is -0.141. The second-order valence-electron chi connectivity index (χ2n) is 5.52. The highest BCUT2D eigenvalue weighted by atomic mass is 19.4. The van der Waals surface area contributed by atoms with Gasteiger partial charge in [0, 0.05) is 11.8 Å². The highest BCUT2D eigenvalue weighted by molar-refractivity contribution is 5.70. The zero-order chi connectivity index (χ0) is 19.4. The largest absolute Gasteiger partial charge is 0.487 e. The van der Waals surface area contributed by atoms with Gasteiger partial charge < -0.3 is 4.74 Å². The summed E-state index contributed by atoms with van der Waals surface area (Å²) in [7, 11) is 0. The van der Waals surface area contributed by atoms with Gasteiger partial charge in [-0.15, -0.1) is 0 Å². The Labute approximate surface area is 151 Å². The van der Waals surface area contributed by atoms with Crippen LogP contribution in [-0.4, -0.2) is 9.97 Å². The van der Waals surface area contributed by atoms with Gasteiger partial charge in [-0.25, -0.2) is 9.37 Å². The summed E-state index contributed by atoms with van der Waals surface area (Å²) in [5.74, 6) is -0.168. The zero-order valence-corrected chi connectivity index (χ0v) is 13.7. The fourth-order valence-electron chi connectivity index (χ4n) is 2.35. The number of ether oxygens (including phenoxy) is 1. The van der Waals surface area contributed by atoms with E-state index in [1.54, 1.807) is 0 Å². The second kappa shape index (κ2) is 7.41.